The van der Waals surface area contributed by atoms with Crippen molar-refractivity contribution in [3.8, 4) is 0 Å². The van der Waals surface area contributed by atoms with Crippen molar-refractivity contribution < 1.29 is 9.53 Å². The van der Waals surface area contributed by atoms with E-state index in [4.69, 9.17) is 4.74 Å². The maximum Gasteiger partial charge on any atom is 0.312 e. The van der Waals surface area contributed by atoms with Crippen LogP contribution < -0.4 is 0 Å². The van der Waals surface area contributed by atoms with Gasteiger partial charge < -0.3 is 4.74 Å². The molecule has 0 unspecified atom stereocenters. The Balaban J connectivity index is 2.45. The van der Waals surface area contributed by atoms with Crippen LogP contribution in [0.15, 0.2) is 0 Å². The summed E-state index contributed by atoms with van der Waals surface area (Å²) in [7, 11) is 0. The van der Waals surface area contributed by atoms with Crippen LogP contribution in [-0.2, 0) is 9.53 Å². The first-order valence-electron chi connectivity index (χ1n) is 9.69. The molecule has 0 aromatic carbocycles. The van der Waals surface area contributed by atoms with Gasteiger partial charge in [0.15, 0.2) is 0 Å². The molecule has 0 aliphatic carbocycles. The molecule has 1 rings (SSSR count). The average molecular weight is 311 g/mol. The minimum absolute atomic E-state index is 0.0228. The minimum atomic E-state index is -0.285. The molecule has 0 N–H and O–H groups in total. The number of rotatable bonds is 12. The molecule has 130 valence electrons. The zero-order chi connectivity index (χ0) is 16.5. The first-order chi connectivity index (χ1) is 10.5. The van der Waals surface area contributed by atoms with Crippen molar-refractivity contribution in [1.29, 1.82) is 0 Å². The van der Waals surface area contributed by atoms with Gasteiger partial charge >= 0.3 is 5.97 Å². The van der Waals surface area contributed by atoms with Crippen LogP contribution in [0.2, 0.25) is 0 Å². The standard InChI is InChI=1S/C20H38O2/c1-5-7-9-11-13-15-20(16-14-12-10-8-6-2)17-19(3,4)18(21)22-20/h5-17H2,1-4H3. The third kappa shape index (κ3) is 6.30. The quantitative estimate of drug-likeness (QED) is 0.307. The largest absolute Gasteiger partial charge is 0.459 e. The van der Waals surface area contributed by atoms with Gasteiger partial charge in [-0.3, -0.25) is 4.79 Å². The summed E-state index contributed by atoms with van der Waals surface area (Å²) >= 11 is 0. The SMILES string of the molecule is CCCCCCCC1(CCCCCCC)CC(C)(C)C(=O)O1. The molecule has 0 radical (unpaired) electrons. The van der Waals surface area contributed by atoms with Gasteiger partial charge in [0.05, 0.1) is 5.41 Å². The fourth-order valence-corrected chi connectivity index (χ4v) is 3.75. The van der Waals surface area contributed by atoms with Crippen LogP contribution in [0.1, 0.15) is 111 Å². The zero-order valence-corrected chi connectivity index (χ0v) is 15.5. The Hall–Kier alpha value is -0.530. The van der Waals surface area contributed by atoms with Gasteiger partial charge in [0.25, 0.3) is 0 Å². The maximum atomic E-state index is 12.2. The Morgan fingerprint density at radius 3 is 1.64 bits per heavy atom. The fourth-order valence-electron chi connectivity index (χ4n) is 3.75. The summed E-state index contributed by atoms with van der Waals surface area (Å²) in [6.45, 7) is 8.59. The van der Waals surface area contributed by atoms with E-state index >= 15 is 0 Å². The van der Waals surface area contributed by atoms with Gasteiger partial charge in [0.2, 0.25) is 0 Å². The maximum absolute atomic E-state index is 12.2. The van der Waals surface area contributed by atoms with E-state index in [0.29, 0.717) is 0 Å². The van der Waals surface area contributed by atoms with E-state index in [1.807, 2.05) is 13.8 Å². The molecule has 1 saturated heterocycles. The highest BCUT2D eigenvalue weighted by Gasteiger charge is 2.50. The van der Waals surface area contributed by atoms with Gasteiger partial charge in [-0.15, -0.1) is 0 Å². The van der Waals surface area contributed by atoms with Crippen molar-refractivity contribution in [2.75, 3.05) is 0 Å². The van der Waals surface area contributed by atoms with Crippen molar-refractivity contribution in [2.24, 2.45) is 5.41 Å². The molecule has 2 heteroatoms. The Kier molecular flexibility index (Phi) is 8.49. The van der Waals surface area contributed by atoms with Crippen LogP contribution in [0.25, 0.3) is 0 Å². The Morgan fingerprint density at radius 1 is 0.818 bits per heavy atom. The third-order valence-electron chi connectivity index (χ3n) is 5.10. The molecule has 0 atom stereocenters. The second kappa shape index (κ2) is 9.57. The summed E-state index contributed by atoms with van der Waals surface area (Å²) in [4.78, 5) is 12.2. The molecule has 0 aromatic heterocycles. The fraction of sp³-hybridized carbons (Fsp3) is 0.950. The molecule has 0 saturated carbocycles. The predicted octanol–water partition coefficient (Wildman–Crippen LogP) is 6.42. The highest BCUT2D eigenvalue weighted by molar-refractivity contribution is 5.78. The van der Waals surface area contributed by atoms with Gasteiger partial charge in [0, 0.05) is 6.42 Å². The van der Waals surface area contributed by atoms with Crippen LogP contribution in [0.3, 0.4) is 0 Å². The topological polar surface area (TPSA) is 26.3 Å². The molecular weight excluding hydrogens is 272 g/mol. The summed E-state index contributed by atoms with van der Waals surface area (Å²) in [5.74, 6) is 0.0228. The smallest absolute Gasteiger partial charge is 0.312 e. The van der Waals surface area contributed by atoms with Crippen LogP contribution in [0.4, 0.5) is 0 Å². The van der Waals surface area contributed by atoms with Crippen molar-refractivity contribution in [3.63, 3.8) is 0 Å². The normalized spacial score (nSPS) is 19.4. The Morgan fingerprint density at radius 2 is 1.27 bits per heavy atom. The van der Waals surface area contributed by atoms with Crippen LogP contribution in [0.5, 0.6) is 0 Å². The second-order valence-corrected chi connectivity index (χ2v) is 7.96. The highest BCUT2D eigenvalue weighted by Crippen LogP contribution is 2.45. The molecular formula is C20H38O2. The van der Waals surface area contributed by atoms with Crippen LogP contribution in [0, 0.1) is 5.41 Å². The van der Waals surface area contributed by atoms with Crippen molar-refractivity contribution in [2.45, 2.75) is 117 Å². The first kappa shape index (κ1) is 19.5. The number of esters is 1. The van der Waals surface area contributed by atoms with E-state index < -0.39 is 0 Å². The van der Waals surface area contributed by atoms with Crippen LogP contribution in [-0.4, -0.2) is 11.6 Å². The highest BCUT2D eigenvalue weighted by atomic mass is 16.6. The second-order valence-electron chi connectivity index (χ2n) is 7.96. The van der Waals surface area contributed by atoms with E-state index in [9.17, 15) is 4.79 Å². The molecule has 2 nitrogen and oxygen atoms in total. The Bertz CT molecular complexity index is 306. The molecule has 1 fully saturated rings. The van der Waals surface area contributed by atoms with E-state index in [2.05, 4.69) is 13.8 Å². The van der Waals surface area contributed by atoms with Crippen molar-refractivity contribution >= 4 is 5.97 Å². The Labute approximate surface area is 138 Å². The lowest BCUT2D eigenvalue weighted by Gasteiger charge is -2.28. The van der Waals surface area contributed by atoms with Crippen molar-refractivity contribution in [3.05, 3.63) is 0 Å². The molecule has 1 heterocycles. The molecule has 0 amide bonds. The number of hydrogen-bond donors (Lipinski definition) is 0. The molecule has 22 heavy (non-hydrogen) atoms. The summed E-state index contributed by atoms with van der Waals surface area (Å²) in [5.41, 5.74) is -0.439. The number of hydrogen-bond acceptors (Lipinski definition) is 2. The predicted molar refractivity (Wildman–Crippen MR) is 94.0 cm³/mol. The molecule has 1 aliphatic rings. The monoisotopic (exact) mass is 310 g/mol. The lowest BCUT2D eigenvalue weighted by molar-refractivity contribution is -0.154. The summed E-state index contributed by atoms with van der Waals surface area (Å²) in [6, 6.07) is 0. The van der Waals surface area contributed by atoms with Crippen LogP contribution >= 0.6 is 0 Å². The van der Waals surface area contributed by atoms with E-state index in [1.165, 1.54) is 64.2 Å². The number of cyclic esters (lactones) is 1. The number of carbonyl (C=O) groups is 1. The lowest BCUT2D eigenvalue weighted by Crippen LogP contribution is -2.29. The molecule has 0 spiro atoms. The summed E-state index contributed by atoms with van der Waals surface area (Å²) in [5, 5.41) is 0. The summed E-state index contributed by atoms with van der Waals surface area (Å²) in [6.07, 6.45) is 15.9. The van der Waals surface area contributed by atoms with Crippen molar-refractivity contribution in [1.82, 2.24) is 0 Å². The average Bonchev–Trinajstić information content (AvgIpc) is 2.68. The number of ether oxygens (including phenoxy) is 1. The van der Waals surface area contributed by atoms with Gasteiger partial charge in [-0.25, -0.2) is 0 Å². The third-order valence-corrected chi connectivity index (χ3v) is 5.10. The van der Waals surface area contributed by atoms with Gasteiger partial charge in [-0.05, 0) is 39.5 Å². The minimum Gasteiger partial charge on any atom is -0.459 e. The molecule has 0 aromatic rings. The number of unbranched alkanes of at least 4 members (excludes halogenated alkanes) is 8. The van der Waals surface area contributed by atoms with Gasteiger partial charge in [-0.2, -0.15) is 0 Å². The van der Waals surface area contributed by atoms with Gasteiger partial charge in [0.1, 0.15) is 5.60 Å². The van der Waals surface area contributed by atoms with Gasteiger partial charge in [-0.1, -0.05) is 65.2 Å². The molecule has 1 aliphatic heterocycles. The zero-order valence-electron chi connectivity index (χ0n) is 15.5. The van der Waals surface area contributed by atoms with E-state index in [1.54, 1.807) is 0 Å². The van der Waals surface area contributed by atoms with E-state index in [-0.39, 0.29) is 17.0 Å². The first-order valence-corrected chi connectivity index (χ1v) is 9.69. The summed E-state index contributed by atoms with van der Waals surface area (Å²) < 4.78 is 5.94. The number of carbonyl (C=O) groups excluding carboxylic acids is 1. The van der Waals surface area contributed by atoms with E-state index in [0.717, 1.165) is 19.3 Å². The lowest BCUT2D eigenvalue weighted by atomic mass is 9.78. The molecule has 0 bridgehead atoms.